The Bertz CT molecular complexity index is 853. The van der Waals surface area contributed by atoms with Crippen molar-refractivity contribution in [3.8, 4) is 6.07 Å². The third-order valence-corrected chi connectivity index (χ3v) is 3.49. The first kappa shape index (κ1) is 15.3. The molecule has 4 heteroatoms. The lowest BCUT2D eigenvalue weighted by Crippen LogP contribution is -2.36. The van der Waals surface area contributed by atoms with Crippen molar-refractivity contribution in [2.24, 2.45) is 0 Å². The molecule has 0 heterocycles. The fourth-order valence-corrected chi connectivity index (χ4v) is 2.27. The maximum absolute atomic E-state index is 12.9. The maximum Gasteiger partial charge on any atom is 0.276 e. The zero-order valence-corrected chi connectivity index (χ0v) is 12.9. The first-order valence-electron chi connectivity index (χ1n) is 7.49. The molecule has 0 spiro atoms. The van der Waals surface area contributed by atoms with E-state index >= 15 is 0 Å². The summed E-state index contributed by atoms with van der Waals surface area (Å²) in [5.41, 5.74) is 5.70. The molecule has 0 radical (unpaired) electrons. The molecule has 0 aliphatic heterocycles. The summed E-state index contributed by atoms with van der Waals surface area (Å²) in [6, 6.07) is 27.5. The normalized spacial score (nSPS) is 9.79. The van der Waals surface area contributed by atoms with Crippen LogP contribution in [0.25, 0.3) is 0 Å². The van der Waals surface area contributed by atoms with Gasteiger partial charge in [0.15, 0.2) is 0 Å². The second-order valence-corrected chi connectivity index (χ2v) is 5.14. The second kappa shape index (κ2) is 7.12. The van der Waals surface area contributed by atoms with Gasteiger partial charge in [-0.1, -0.05) is 36.4 Å². The van der Waals surface area contributed by atoms with Crippen LogP contribution in [0, 0.1) is 11.3 Å². The van der Waals surface area contributed by atoms with E-state index in [1.807, 2.05) is 60.7 Å². The lowest BCUT2D eigenvalue weighted by molar-refractivity contribution is 0.0992. The third kappa shape index (κ3) is 3.42. The SMILES string of the molecule is N#Cc1ccc(C(=O)N(Nc2ccccc2)c2ccccc2)cc1. The molecule has 3 aromatic carbocycles. The molecule has 3 rings (SSSR count). The van der Waals surface area contributed by atoms with Crippen molar-refractivity contribution in [2.75, 3.05) is 10.4 Å². The number of nitrogens with one attached hydrogen (secondary N) is 1. The van der Waals surface area contributed by atoms with E-state index in [4.69, 9.17) is 5.26 Å². The molecule has 0 atom stereocenters. The molecule has 116 valence electrons. The Morgan fingerprint density at radius 2 is 1.42 bits per heavy atom. The zero-order chi connectivity index (χ0) is 16.8. The Morgan fingerprint density at radius 3 is 2.00 bits per heavy atom. The second-order valence-electron chi connectivity index (χ2n) is 5.14. The molecule has 4 nitrogen and oxygen atoms in total. The van der Waals surface area contributed by atoms with Gasteiger partial charge in [-0.05, 0) is 48.5 Å². The highest BCUT2D eigenvalue weighted by atomic mass is 16.2. The van der Waals surface area contributed by atoms with E-state index in [2.05, 4.69) is 11.5 Å². The Labute approximate surface area is 140 Å². The Morgan fingerprint density at radius 1 is 0.833 bits per heavy atom. The molecule has 1 amide bonds. The van der Waals surface area contributed by atoms with Crippen LogP contribution in [0.2, 0.25) is 0 Å². The van der Waals surface area contributed by atoms with Crippen LogP contribution in [0.5, 0.6) is 0 Å². The van der Waals surface area contributed by atoms with Crippen molar-refractivity contribution in [1.82, 2.24) is 0 Å². The zero-order valence-electron chi connectivity index (χ0n) is 12.9. The number of nitrogens with zero attached hydrogens (tertiary/aromatic N) is 2. The van der Waals surface area contributed by atoms with Gasteiger partial charge in [0.2, 0.25) is 0 Å². The molecular formula is C20H15N3O. The predicted octanol–water partition coefficient (Wildman–Crippen LogP) is 4.23. The van der Waals surface area contributed by atoms with Crippen LogP contribution >= 0.6 is 0 Å². The average Bonchev–Trinajstić information content (AvgIpc) is 2.67. The van der Waals surface area contributed by atoms with E-state index in [0.29, 0.717) is 11.1 Å². The molecule has 0 aromatic heterocycles. The monoisotopic (exact) mass is 313 g/mol. The number of para-hydroxylation sites is 2. The van der Waals surface area contributed by atoms with E-state index in [9.17, 15) is 4.79 Å². The molecule has 0 unspecified atom stereocenters. The van der Waals surface area contributed by atoms with E-state index in [0.717, 1.165) is 11.4 Å². The van der Waals surface area contributed by atoms with Crippen molar-refractivity contribution in [3.05, 3.63) is 96.1 Å². The van der Waals surface area contributed by atoms with Gasteiger partial charge in [-0.3, -0.25) is 10.2 Å². The largest absolute Gasteiger partial charge is 0.291 e. The van der Waals surface area contributed by atoms with Crippen molar-refractivity contribution in [3.63, 3.8) is 0 Å². The van der Waals surface area contributed by atoms with Crippen LogP contribution in [-0.2, 0) is 0 Å². The van der Waals surface area contributed by atoms with Gasteiger partial charge >= 0.3 is 0 Å². The summed E-state index contributed by atoms with van der Waals surface area (Å²) in [4.78, 5) is 12.9. The van der Waals surface area contributed by atoms with Gasteiger partial charge in [0, 0.05) is 5.56 Å². The summed E-state index contributed by atoms with van der Waals surface area (Å²) in [6.45, 7) is 0. The number of amides is 1. The van der Waals surface area contributed by atoms with Crippen molar-refractivity contribution < 1.29 is 4.79 Å². The molecular weight excluding hydrogens is 298 g/mol. The average molecular weight is 313 g/mol. The van der Waals surface area contributed by atoms with Crippen LogP contribution in [0.4, 0.5) is 11.4 Å². The van der Waals surface area contributed by atoms with Crippen molar-refractivity contribution >= 4 is 17.3 Å². The molecule has 0 aliphatic carbocycles. The number of hydrogen-bond acceptors (Lipinski definition) is 3. The van der Waals surface area contributed by atoms with E-state index < -0.39 is 0 Å². The summed E-state index contributed by atoms with van der Waals surface area (Å²) in [6.07, 6.45) is 0. The molecule has 0 fully saturated rings. The van der Waals surface area contributed by atoms with Crippen molar-refractivity contribution in [1.29, 1.82) is 5.26 Å². The quantitative estimate of drug-likeness (QED) is 0.733. The van der Waals surface area contributed by atoms with Crippen LogP contribution in [0.15, 0.2) is 84.9 Å². The maximum atomic E-state index is 12.9. The summed E-state index contributed by atoms with van der Waals surface area (Å²) in [7, 11) is 0. The summed E-state index contributed by atoms with van der Waals surface area (Å²) in [5, 5.41) is 10.4. The number of rotatable bonds is 4. The highest BCUT2D eigenvalue weighted by Gasteiger charge is 2.18. The van der Waals surface area contributed by atoms with Gasteiger partial charge in [0.05, 0.1) is 23.0 Å². The summed E-state index contributed by atoms with van der Waals surface area (Å²) < 4.78 is 0. The minimum absolute atomic E-state index is 0.199. The molecule has 3 aromatic rings. The number of carbonyl (C=O) groups excluding carboxylic acids is 1. The van der Waals surface area contributed by atoms with Crippen molar-refractivity contribution in [2.45, 2.75) is 0 Å². The summed E-state index contributed by atoms with van der Waals surface area (Å²) in [5.74, 6) is -0.199. The van der Waals surface area contributed by atoms with Crippen LogP contribution in [-0.4, -0.2) is 5.91 Å². The molecule has 1 N–H and O–H groups in total. The molecule has 0 saturated carbocycles. The first-order chi connectivity index (χ1) is 11.8. The number of hydrazine groups is 1. The Kier molecular flexibility index (Phi) is 4.55. The predicted molar refractivity (Wildman–Crippen MR) is 94.5 cm³/mol. The summed E-state index contributed by atoms with van der Waals surface area (Å²) >= 11 is 0. The lowest BCUT2D eigenvalue weighted by Gasteiger charge is -2.24. The Hall–Kier alpha value is -3.58. The van der Waals surface area contributed by atoms with Gasteiger partial charge in [0.1, 0.15) is 0 Å². The number of benzene rings is 3. The first-order valence-corrected chi connectivity index (χ1v) is 7.49. The smallest absolute Gasteiger partial charge is 0.276 e. The van der Waals surface area contributed by atoms with Gasteiger partial charge in [-0.15, -0.1) is 0 Å². The van der Waals surface area contributed by atoms with Gasteiger partial charge < -0.3 is 0 Å². The molecule has 0 saturated heterocycles. The standard InChI is InChI=1S/C20H15N3O/c21-15-16-11-13-17(14-12-16)20(24)23(19-9-5-2-6-10-19)22-18-7-3-1-4-8-18/h1-14,22H. The van der Waals surface area contributed by atoms with Crippen LogP contribution < -0.4 is 10.4 Å². The van der Waals surface area contributed by atoms with Gasteiger partial charge in [-0.2, -0.15) is 5.26 Å². The van der Waals surface area contributed by atoms with Gasteiger partial charge in [0.25, 0.3) is 5.91 Å². The molecule has 0 bridgehead atoms. The highest BCUT2D eigenvalue weighted by molar-refractivity contribution is 6.07. The lowest BCUT2D eigenvalue weighted by atomic mass is 10.1. The number of hydrogen-bond donors (Lipinski definition) is 1. The van der Waals surface area contributed by atoms with Crippen LogP contribution in [0.1, 0.15) is 15.9 Å². The minimum atomic E-state index is -0.199. The fourth-order valence-electron chi connectivity index (χ4n) is 2.27. The third-order valence-electron chi connectivity index (χ3n) is 3.49. The minimum Gasteiger partial charge on any atom is -0.291 e. The topological polar surface area (TPSA) is 56.1 Å². The van der Waals surface area contributed by atoms with E-state index in [1.165, 1.54) is 5.01 Å². The van der Waals surface area contributed by atoms with E-state index in [-0.39, 0.29) is 5.91 Å². The molecule has 24 heavy (non-hydrogen) atoms. The highest BCUT2D eigenvalue weighted by Crippen LogP contribution is 2.19. The van der Waals surface area contributed by atoms with E-state index in [1.54, 1.807) is 24.3 Å². The number of anilines is 2. The Balaban J connectivity index is 1.94. The fraction of sp³-hybridized carbons (Fsp3) is 0. The van der Waals surface area contributed by atoms with Gasteiger partial charge in [-0.25, -0.2) is 5.01 Å². The number of carbonyl (C=O) groups is 1. The molecule has 0 aliphatic rings. The number of nitriles is 1. The van der Waals surface area contributed by atoms with Crippen LogP contribution in [0.3, 0.4) is 0 Å².